The van der Waals surface area contributed by atoms with Crippen LogP contribution in [-0.2, 0) is 11.2 Å². The highest BCUT2D eigenvalue weighted by atomic mass is 32.1. The Morgan fingerprint density at radius 1 is 1.20 bits per heavy atom. The molecule has 0 radical (unpaired) electrons. The van der Waals surface area contributed by atoms with E-state index in [2.05, 4.69) is 37.5 Å². The predicted octanol–water partition coefficient (Wildman–Crippen LogP) is 4.36. The SMILES string of the molecule is CC(C)(C)C(NC(=O)CCc1ccc2c(c1)OCCO2)c1cccs1. The maximum atomic E-state index is 12.5. The summed E-state index contributed by atoms with van der Waals surface area (Å²) in [6, 6.07) is 10.0. The van der Waals surface area contributed by atoms with E-state index < -0.39 is 0 Å². The van der Waals surface area contributed by atoms with Gasteiger partial charge in [-0.3, -0.25) is 4.79 Å². The van der Waals surface area contributed by atoms with Crippen LogP contribution in [0.25, 0.3) is 0 Å². The van der Waals surface area contributed by atoms with Gasteiger partial charge in [-0.15, -0.1) is 11.3 Å². The van der Waals surface area contributed by atoms with Gasteiger partial charge >= 0.3 is 0 Å². The molecule has 1 amide bonds. The van der Waals surface area contributed by atoms with Crippen LogP contribution in [0.15, 0.2) is 35.7 Å². The number of hydrogen-bond donors (Lipinski definition) is 1. The van der Waals surface area contributed by atoms with E-state index in [1.165, 1.54) is 4.88 Å². The average Bonchev–Trinajstić information content (AvgIpc) is 3.10. The van der Waals surface area contributed by atoms with Crippen LogP contribution in [0.4, 0.5) is 0 Å². The lowest BCUT2D eigenvalue weighted by atomic mass is 9.85. The molecule has 4 nitrogen and oxygen atoms in total. The number of rotatable bonds is 5. The molecule has 1 aliphatic heterocycles. The van der Waals surface area contributed by atoms with Crippen LogP contribution < -0.4 is 14.8 Å². The molecule has 0 aliphatic carbocycles. The highest BCUT2D eigenvalue weighted by Gasteiger charge is 2.28. The molecule has 0 bridgehead atoms. The first-order valence-corrected chi connectivity index (χ1v) is 9.53. The van der Waals surface area contributed by atoms with E-state index in [0.29, 0.717) is 26.1 Å². The van der Waals surface area contributed by atoms with E-state index in [0.717, 1.165) is 17.1 Å². The lowest BCUT2D eigenvalue weighted by Gasteiger charge is -2.30. The summed E-state index contributed by atoms with van der Waals surface area (Å²) in [7, 11) is 0. The van der Waals surface area contributed by atoms with Crippen LogP contribution >= 0.6 is 11.3 Å². The molecular formula is C20H25NO3S. The van der Waals surface area contributed by atoms with Gasteiger partial charge in [0.15, 0.2) is 11.5 Å². The summed E-state index contributed by atoms with van der Waals surface area (Å²) in [5.74, 6) is 1.63. The molecule has 1 N–H and O–H groups in total. The highest BCUT2D eigenvalue weighted by Crippen LogP contribution is 2.35. The largest absolute Gasteiger partial charge is 0.486 e. The second-order valence-electron chi connectivity index (χ2n) is 7.36. The molecule has 2 aromatic rings. The molecule has 0 spiro atoms. The van der Waals surface area contributed by atoms with Crippen molar-refractivity contribution in [2.75, 3.05) is 13.2 Å². The van der Waals surface area contributed by atoms with E-state index in [1.54, 1.807) is 11.3 Å². The summed E-state index contributed by atoms with van der Waals surface area (Å²) in [4.78, 5) is 13.7. The summed E-state index contributed by atoms with van der Waals surface area (Å²) < 4.78 is 11.1. The standard InChI is InChI=1S/C20H25NO3S/c1-20(2,3)19(17-5-4-12-25-17)21-18(22)9-7-14-6-8-15-16(13-14)24-11-10-23-15/h4-6,8,12-13,19H,7,9-11H2,1-3H3,(H,21,22). The number of nitrogens with one attached hydrogen (secondary N) is 1. The van der Waals surface area contributed by atoms with Crippen LogP contribution in [0.1, 0.15) is 43.7 Å². The van der Waals surface area contributed by atoms with Gasteiger partial charge in [-0.2, -0.15) is 0 Å². The molecule has 5 heteroatoms. The minimum atomic E-state index is -0.0302. The minimum Gasteiger partial charge on any atom is -0.486 e. The molecule has 3 rings (SSSR count). The molecule has 1 unspecified atom stereocenters. The van der Waals surface area contributed by atoms with E-state index in [4.69, 9.17) is 9.47 Å². The van der Waals surface area contributed by atoms with Crippen LogP contribution in [0, 0.1) is 5.41 Å². The van der Waals surface area contributed by atoms with Crippen molar-refractivity contribution in [3.05, 3.63) is 46.2 Å². The number of carbonyl (C=O) groups excluding carboxylic acids is 1. The minimum absolute atomic E-state index is 0.0280. The number of fused-ring (bicyclic) bond motifs is 1. The Morgan fingerprint density at radius 3 is 2.64 bits per heavy atom. The Labute approximate surface area is 153 Å². The summed E-state index contributed by atoms with van der Waals surface area (Å²) >= 11 is 1.68. The first kappa shape index (κ1) is 17.8. The van der Waals surface area contributed by atoms with Crippen molar-refractivity contribution in [2.45, 2.75) is 39.7 Å². The molecule has 1 atom stereocenters. The van der Waals surface area contributed by atoms with Crippen molar-refractivity contribution in [3.8, 4) is 11.5 Å². The first-order chi connectivity index (χ1) is 11.9. The molecule has 1 aromatic carbocycles. The zero-order valence-corrected chi connectivity index (χ0v) is 15.8. The van der Waals surface area contributed by atoms with Crippen molar-refractivity contribution in [3.63, 3.8) is 0 Å². The van der Waals surface area contributed by atoms with Crippen molar-refractivity contribution in [1.82, 2.24) is 5.32 Å². The number of ether oxygens (including phenoxy) is 2. The van der Waals surface area contributed by atoms with Gasteiger partial charge in [0, 0.05) is 11.3 Å². The summed E-state index contributed by atoms with van der Waals surface area (Å²) in [5.41, 5.74) is 1.06. The maximum absolute atomic E-state index is 12.5. The number of thiophene rings is 1. The van der Waals surface area contributed by atoms with Gasteiger partial charge in [-0.05, 0) is 41.0 Å². The van der Waals surface area contributed by atoms with Crippen molar-refractivity contribution >= 4 is 17.2 Å². The Kier molecular flexibility index (Phi) is 5.33. The first-order valence-electron chi connectivity index (χ1n) is 8.65. The van der Waals surface area contributed by atoms with Crippen LogP contribution in [0.5, 0.6) is 11.5 Å². The Bertz CT molecular complexity index is 719. The fourth-order valence-corrected chi connectivity index (χ4v) is 3.92. The molecule has 1 aliphatic rings. The van der Waals surface area contributed by atoms with Gasteiger partial charge < -0.3 is 14.8 Å². The maximum Gasteiger partial charge on any atom is 0.220 e. The second-order valence-corrected chi connectivity index (χ2v) is 8.34. The highest BCUT2D eigenvalue weighted by molar-refractivity contribution is 7.10. The lowest BCUT2D eigenvalue weighted by Crippen LogP contribution is -2.36. The van der Waals surface area contributed by atoms with Gasteiger partial charge in [0.2, 0.25) is 5.91 Å². The van der Waals surface area contributed by atoms with E-state index in [1.807, 2.05) is 24.3 Å². The quantitative estimate of drug-likeness (QED) is 0.863. The van der Waals surface area contributed by atoms with Crippen molar-refractivity contribution < 1.29 is 14.3 Å². The predicted molar refractivity (Wildman–Crippen MR) is 100 cm³/mol. The fourth-order valence-electron chi connectivity index (χ4n) is 2.90. The van der Waals surface area contributed by atoms with Gasteiger partial charge in [-0.25, -0.2) is 0 Å². The molecule has 134 valence electrons. The number of aryl methyl sites for hydroxylation is 1. The molecular weight excluding hydrogens is 334 g/mol. The lowest BCUT2D eigenvalue weighted by molar-refractivity contribution is -0.122. The van der Waals surface area contributed by atoms with Gasteiger partial charge in [0.1, 0.15) is 13.2 Å². The molecule has 25 heavy (non-hydrogen) atoms. The fraction of sp³-hybridized carbons (Fsp3) is 0.450. The van der Waals surface area contributed by atoms with Crippen LogP contribution in [0.2, 0.25) is 0 Å². The molecule has 2 heterocycles. The van der Waals surface area contributed by atoms with Crippen LogP contribution in [0.3, 0.4) is 0 Å². The topological polar surface area (TPSA) is 47.6 Å². The Balaban J connectivity index is 1.60. The Hall–Kier alpha value is -2.01. The van der Waals surface area contributed by atoms with Crippen LogP contribution in [-0.4, -0.2) is 19.1 Å². The third-order valence-corrected chi connectivity index (χ3v) is 5.18. The molecule has 1 aromatic heterocycles. The number of carbonyl (C=O) groups is 1. The number of hydrogen-bond acceptors (Lipinski definition) is 4. The molecule has 0 saturated carbocycles. The second kappa shape index (κ2) is 7.48. The summed E-state index contributed by atoms with van der Waals surface area (Å²) in [6.07, 6.45) is 1.14. The molecule has 0 fully saturated rings. The third-order valence-electron chi connectivity index (χ3n) is 4.25. The van der Waals surface area contributed by atoms with E-state index >= 15 is 0 Å². The van der Waals surface area contributed by atoms with Crippen molar-refractivity contribution in [1.29, 1.82) is 0 Å². The van der Waals surface area contributed by atoms with Gasteiger partial charge in [-0.1, -0.05) is 32.9 Å². The zero-order valence-electron chi connectivity index (χ0n) is 15.0. The smallest absolute Gasteiger partial charge is 0.220 e. The summed E-state index contributed by atoms with van der Waals surface area (Å²) in [6.45, 7) is 7.62. The van der Waals surface area contributed by atoms with E-state index in [9.17, 15) is 4.79 Å². The zero-order chi connectivity index (χ0) is 17.9. The van der Waals surface area contributed by atoms with E-state index in [-0.39, 0.29) is 17.4 Å². The third kappa shape index (κ3) is 4.54. The Morgan fingerprint density at radius 2 is 1.96 bits per heavy atom. The van der Waals surface area contributed by atoms with Gasteiger partial charge in [0.25, 0.3) is 0 Å². The normalized spacial score (nSPS) is 14.8. The average molecular weight is 359 g/mol. The number of benzene rings is 1. The number of amides is 1. The van der Waals surface area contributed by atoms with Crippen molar-refractivity contribution in [2.24, 2.45) is 5.41 Å². The monoisotopic (exact) mass is 359 g/mol. The summed E-state index contributed by atoms with van der Waals surface area (Å²) in [5, 5.41) is 5.26. The van der Waals surface area contributed by atoms with Gasteiger partial charge in [0.05, 0.1) is 6.04 Å². The molecule has 0 saturated heterocycles.